The summed E-state index contributed by atoms with van der Waals surface area (Å²) in [5, 5.41) is 17.4. The lowest BCUT2D eigenvalue weighted by Gasteiger charge is -2.60. The highest BCUT2D eigenvalue weighted by molar-refractivity contribution is 5.77. The third kappa shape index (κ3) is 4.00. The Balaban J connectivity index is 0.860. The number of amides is 2. The van der Waals surface area contributed by atoms with E-state index in [1.807, 2.05) is 9.80 Å². The summed E-state index contributed by atoms with van der Waals surface area (Å²) in [6.45, 7) is 3.13. The number of H-pyrrole nitrogens is 1. The Morgan fingerprint density at radius 1 is 1.05 bits per heavy atom. The first-order valence-electron chi connectivity index (χ1n) is 13.3. The van der Waals surface area contributed by atoms with E-state index in [2.05, 4.69) is 20.2 Å². The van der Waals surface area contributed by atoms with Gasteiger partial charge in [-0.15, -0.1) is 0 Å². The van der Waals surface area contributed by atoms with Crippen LogP contribution in [0.5, 0.6) is 0 Å². The molecule has 2 N–H and O–H groups in total. The minimum absolute atomic E-state index is 0.130. The second-order valence-corrected chi connectivity index (χ2v) is 12.5. The molecule has 8 nitrogen and oxygen atoms in total. The van der Waals surface area contributed by atoms with E-state index in [9.17, 15) is 23.1 Å². The molecule has 3 aliphatic carbocycles. The zero-order valence-corrected chi connectivity index (χ0v) is 20.6. The average Bonchev–Trinajstić information content (AvgIpc) is 3.18. The van der Waals surface area contributed by atoms with Crippen molar-refractivity contribution in [2.45, 2.75) is 69.1 Å². The fourth-order valence-electron chi connectivity index (χ4n) is 7.24. The zero-order valence-electron chi connectivity index (χ0n) is 20.6. The summed E-state index contributed by atoms with van der Waals surface area (Å²) in [6.07, 6.45) is 3.78. The van der Waals surface area contributed by atoms with Gasteiger partial charge >= 0.3 is 12.2 Å². The number of alkyl halides is 3. The van der Waals surface area contributed by atoms with Crippen molar-refractivity contribution in [3.05, 3.63) is 41.2 Å². The summed E-state index contributed by atoms with van der Waals surface area (Å²) in [5.41, 5.74) is -0.469. The number of nitrogens with one attached hydrogen (secondary N) is 1. The van der Waals surface area contributed by atoms with Crippen LogP contribution in [0.3, 0.4) is 0 Å². The smallest absolute Gasteiger partial charge is 0.382 e. The number of aliphatic hydroxyl groups is 1. The van der Waals surface area contributed by atoms with Gasteiger partial charge in [-0.3, -0.25) is 10.1 Å². The van der Waals surface area contributed by atoms with E-state index in [1.54, 1.807) is 0 Å². The Hall–Kier alpha value is -2.69. The monoisotopic (exact) mass is 516 g/mol. The van der Waals surface area contributed by atoms with Gasteiger partial charge in [-0.2, -0.15) is 18.3 Å². The number of pyridine rings is 1. The number of aromatic nitrogens is 4. The Morgan fingerprint density at radius 3 is 2.38 bits per heavy atom. The number of rotatable bonds is 4. The summed E-state index contributed by atoms with van der Waals surface area (Å²) >= 11 is 0. The van der Waals surface area contributed by atoms with E-state index in [-0.39, 0.29) is 16.9 Å². The maximum Gasteiger partial charge on any atom is 0.417 e. The Kier molecular flexibility index (Phi) is 4.86. The molecule has 2 saturated heterocycles. The molecule has 1 atom stereocenters. The molecule has 0 radical (unpaired) electrons. The summed E-state index contributed by atoms with van der Waals surface area (Å²) < 4.78 is 38.3. The predicted octanol–water partition coefficient (Wildman–Crippen LogP) is 3.84. The van der Waals surface area contributed by atoms with E-state index >= 15 is 0 Å². The van der Waals surface area contributed by atoms with Crippen LogP contribution in [0.1, 0.15) is 73.8 Å². The fraction of sp³-hybridized carbons (Fsp3) is 0.692. The van der Waals surface area contributed by atoms with Crippen LogP contribution in [-0.2, 0) is 18.2 Å². The van der Waals surface area contributed by atoms with Gasteiger partial charge in [0.1, 0.15) is 11.4 Å². The number of likely N-dealkylation sites (tertiary alicyclic amines) is 2. The summed E-state index contributed by atoms with van der Waals surface area (Å²) in [4.78, 5) is 25.5. The average molecular weight is 517 g/mol. The van der Waals surface area contributed by atoms with E-state index in [0.717, 1.165) is 89.2 Å². The summed E-state index contributed by atoms with van der Waals surface area (Å²) in [6, 6.07) is 2.74. The number of carbonyl (C=O) groups is 1. The van der Waals surface area contributed by atoms with E-state index in [4.69, 9.17) is 0 Å². The molecule has 2 amide bonds. The van der Waals surface area contributed by atoms with Crippen LogP contribution in [-0.4, -0.2) is 67.3 Å². The molecule has 1 unspecified atom stereocenters. The predicted molar refractivity (Wildman–Crippen MR) is 125 cm³/mol. The first-order valence-corrected chi connectivity index (χ1v) is 13.3. The van der Waals surface area contributed by atoms with Crippen LogP contribution < -0.4 is 0 Å². The topological polar surface area (TPSA) is 98.2 Å². The molecule has 11 heteroatoms. The zero-order chi connectivity index (χ0) is 25.6. The van der Waals surface area contributed by atoms with Crippen molar-refractivity contribution in [1.29, 1.82) is 0 Å². The van der Waals surface area contributed by atoms with Gasteiger partial charge < -0.3 is 14.9 Å². The maximum atomic E-state index is 13.0. The molecule has 3 saturated carbocycles. The van der Waals surface area contributed by atoms with Gasteiger partial charge in [0.2, 0.25) is 0 Å². The second-order valence-electron chi connectivity index (χ2n) is 12.5. The molecule has 0 bridgehead atoms. The molecule has 37 heavy (non-hydrogen) atoms. The van der Waals surface area contributed by atoms with Gasteiger partial charge in [0.25, 0.3) is 0 Å². The second kappa shape index (κ2) is 7.68. The molecule has 4 heterocycles. The van der Waals surface area contributed by atoms with Crippen LogP contribution in [0.4, 0.5) is 18.0 Å². The Bertz CT molecular complexity index is 1200. The van der Waals surface area contributed by atoms with Crippen LogP contribution in [0.2, 0.25) is 0 Å². The molecular formula is C26H31F3N6O2. The SMILES string of the molecule is O=C(N1CC2(CCC(Cc3ccc(C(F)(F)F)cn3)C2)C1)N1CC2(CC(c3nc(C4(O)CC4)n[nH]3)C2)C1. The van der Waals surface area contributed by atoms with Crippen LogP contribution in [0.25, 0.3) is 0 Å². The highest BCUT2D eigenvalue weighted by atomic mass is 19.4. The molecule has 2 spiro atoms. The lowest BCUT2D eigenvalue weighted by molar-refractivity contribution is -0.137. The lowest BCUT2D eigenvalue weighted by Crippen LogP contribution is -2.69. The number of halogens is 3. The molecule has 0 aromatic carbocycles. The highest BCUT2D eigenvalue weighted by Gasteiger charge is 2.58. The molecule has 5 aliphatic rings. The van der Waals surface area contributed by atoms with E-state index in [1.165, 1.54) is 6.07 Å². The largest absolute Gasteiger partial charge is 0.417 e. The number of nitrogens with zero attached hydrogens (tertiary/aromatic N) is 5. The molecule has 7 rings (SSSR count). The van der Waals surface area contributed by atoms with Crippen LogP contribution in [0, 0.1) is 16.7 Å². The fourth-order valence-corrected chi connectivity index (χ4v) is 7.24. The van der Waals surface area contributed by atoms with Gasteiger partial charge in [0.15, 0.2) is 5.82 Å². The minimum atomic E-state index is -4.36. The third-order valence-electron chi connectivity index (χ3n) is 9.49. The molecule has 198 valence electrons. The number of hydrogen-bond acceptors (Lipinski definition) is 5. The molecule has 2 aliphatic heterocycles. The highest BCUT2D eigenvalue weighted by Crippen LogP contribution is 2.57. The van der Waals surface area contributed by atoms with Crippen molar-refractivity contribution in [2.24, 2.45) is 16.7 Å². The molecular weight excluding hydrogens is 485 g/mol. The first kappa shape index (κ1) is 23.4. The van der Waals surface area contributed by atoms with Gasteiger partial charge in [0.05, 0.1) is 5.56 Å². The first-order chi connectivity index (χ1) is 17.5. The third-order valence-corrected chi connectivity index (χ3v) is 9.49. The van der Waals surface area contributed by atoms with Gasteiger partial charge in [-0.05, 0) is 69.4 Å². The van der Waals surface area contributed by atoms with Gasteiger partial charge in [-0.1, -0.05) is 0 Å². The van der Waals surface area contributed by atoms with Crippen molar-refractivity contribution in [2.75, 3.05) is 26.2 Å². The maximum absolute atomic E-state index is 13.0. The van der Waals surface area contributed by atoms with Crippen molar-refractivity contribution in [3.8, 4) is 0 Å². The van der Waals surface area contributed by atoms with E-state index < -0.39 is 17.3 Å². The Labute approximate surface area is 212 Å². The normalized spacial score (nSPS) is 27.2. The van der Waals surface area contributed by atoms with E-state index in [0.29, 0.717) is 29.8 Å². The number of hydrogen-bond donors (Lipinski definition) is 2. The quantitative estimate of drug-likeness (QED) is 0.644. The standard InChI is InChI=1S/C26H31F3N6O2/c27-26(28,29)18-1-2-19(30-11-18)7-16-3-4-23(8-16)12-34(13-23)22(36)35-14-24(15-35)9-17(10-24)20-31-21(33-32-20)25(37)5-6-25/h1-2,11,16-17,37H,3-10,12-15H2,(H,31,32,33). The molecule has 2 aromatic rings. The number of carbonyl (C=O) groups excluding carboxylic acids is 1. The van der Waals surface area contributed by atoms with Crippen molar-refractivity contribution >= 4 is 6.03 Å². The molecule has 2 aromatic heterocycles. The summed E-state index contributed by atoms with van der Waals surface area (Å²) in [7, 11) is 0. The van der Waals surface area contributed by atoms with Gasteiger partial charge in [0, 0.05) is 54.8 Å². The molecule has 5 fully saturated rings. The van der Waals surface area contributed by atoms with Gasteiger partial charge in [-0.25, -0.2) is 9.78 Å². The summed E-state index contributed by atoms with van der Waals surface area (Å²) in [5.74, 6) is 2.10. The van der Waals surface area contributed by atoms with Crippen LogP contribution >= 0.6 is 0 Å². The van der Waals surface area contributed by atoms with Crippen molar-refractivity contribution in [1.82, 2.24) is 30.0 Å². The van der Waals surface area contributed by atoms with Crippen LogP contribution in [0.15, 0.2) is 18.3 Å². The van der Waals surface area contributed by atoms with Crippen molar-refractivity contribution < 1.29 is 23.1 Å². The Morgan fingerprint density at radius 2 is 1.76 bits per heavy atom. The lowest BCUT2D eigenvalue weighted by atomic mass is 9.57. The number of urea groups is 1. The number of aromatic amines is 1. The minimum Gasteiger partial charge on any atom is -0.382 e. The van der Waals surface area contributed by atoms with Crippen molar-refractivity contribution in [3.63, 3.8) is 0 Å².